The van der Waals surface area contributed by atoms with Gasteiger partial charge in [0.05, 0.1) is 0 Å². The van der Waals surface area contributed by atoms with Gasteiger partial charge >= 0.3 is 0 Å². The first-order valence-electron chi connectivity index (χ1n) is 9.05. The molecule has 0 spiro atoms. The Morgan fingerprint density at radius 2 is 2.03 bits per heavy atom. The van der Waals surface area contributed by atoms with Crippen LogP contribution in [-0.4, -0.2) is 37.0 Å². The number of nitrogens with zero attached hydrogens (tertiary/aromatic N) is 5. The molecule has 4 aromatic rings. The molecule has 29 heavy (non-hydrogen) atoms. The van der Waals surface area contributed by atoms with Crippen molar-refractivity contribution in [3.8, 4) is 11.4 Å². The lowest BCUT2D eigenvalue weighted by Crippen LogP contribution is -2.22. The number of hydrogen-bond acceptors (Lipinski definition) is 6. The Labute approximate surface area is 167 Å². The highest BCUT2D eigenvalue weighted by molar-refractivity contribution is 5.94. The topological polar surface area (TPSA) is 97.1 Å². The third kappa shape index (κ3) is 3.96. The first kappa shape index (κ1) is 18.3. The second-order valence-electron chi connectivity index (χ2n) is 6.37. The van der Waals surface area contributed by atoms with E-state index in [9.17, 15) is 4.79 Å². The van der Waals surface area contributed by atoms with Crippen LogP contribution in [-0.2, 0) is 0 Å². The van der Waals surface area contributed by atoms with Gasteiger partial charge in [0.15, 0.2) is 5.82 Å². The van der Waals surface area contributed by atoms with Crippen molar-refractivity contribution in [2.24, 2.45) is 0 Å². The predicted octanol–water partition coefficient (Wildman–Crippen LogP) is 3.15. The van der Waals surface area contributed by atoms with Gasteiger partial charge in [-0.05, 0) is 43.3 Å². The van der Waals surface area contributed by atoms with Crippen LogP contribution in [0.1, 0.15) is 16.1 Å². The van der Waals surface area contributed by atoms with Crippen molar-refractivity contribution in [2.45, 2.75) is 6.92 Å². The van der Waals surface area contributed by atoms with Crippen LogP contribution in [0.2, 0.25) is 0 Å². The zero-order valence-corrected chi connectivity index (χ0v) is 15.8. The van der Waals surface area contributed by atoms with Crippen molar-refractivity contribution < 1.29 is 4.79 Å². The molecule has 0 atom stereocenters. The fourth-order valence-electron chi connectivity index (χ4n) is 2.81. The molecule has 144 valence electrons. The highest BCUT2D eigenvalue weighted by atomic mass is 16.1. The summed E-state index contributed by atoms with van der Waals surface area (Å²) in [5, 5.41) is 10.6. The number of carbonyl (C=O) groups is 1. The van der Waals surface area contributed by atoms with Gasteiger partial charge in [-0.15, -0.1) is 11.7 Å². The van der Waals surface area contributed by atoms with E-state index in [-0.39, 0.29) is 5.91 Å². The molecule has 0 saturated carbocycles. The Morgan fingerprint density at radius 3 is 2.76 bits per heavy atom. The molecule has 0 bridgehead atoms. The van der Waals surface area contributed by atoms with E-state index in [4.69, 9.17) is 0 Å². The molecular weight excluding hydrogens is 366 g/mol. The minimum atomic E-state index is -0.143. The van der Waals surface area contributed by atoms with Crippen LogP contribution in [0.3, 0.4) is 0 Å². The van der Waals surface area contributed by atoms with Crippen molar-refractivity contribution >= 4 is 23.2 Å². The summed E-state index contributed by atoms with van der Waals surface area (Å²) in [5.41, 5.74) is 3.02. The third-order valence-electron chi connectivity index (χ3n) is 4.19. The lowest BCUT2D eigenvalue weighted by molar-refractivity contribution is 0.0958. The number of anilines is 2. The van der Waals surface area contributed by atoms with Gasteiger partial charge in [0.1, 0.15) is 5.82 Å². The average Bonchev–Trinajstić information content (AvgIpc) is 3.17. The molecule has 8 nitrogen and oxygen atoms in total. The molecule has 1 aromatic carbocycles. The molecule has 4 rings (SSSR count). The number of aryl methyl sites for hydroxylation is 1. The molecule has 0 unspecified atom stereocenters. The van der Waals surface area contributed by atoms with Crippen molar-refractivity contribution in [1.82, 2.24) is 29.9 Å². The smallest absolute Gasteiger partial charge is 0.254 e. The largest absolute Gasteiger partial charge is 0.349 e. The van der Waals surface area contributed by atoms with E-state index in [1.54, 1.807) is 35.1 Å². The highest BCUT2D eigenvalue weighted by Gasteiger charge is 2.12. The van der Waals surface area contributed by atoms with Gasteiger partial charge in [0.25, 0.3) is 11.7 Å². The summed E-state index contributed by atoms with van der Waals surface area (Å²) >= 11 is 0. The minimum absolute atomic E-state index is 0.143. The number of benzene rings is 1. The molecule has 1 amide bonds. The van der Waals surface area contributed by atoms with Gasteiger partial charge < -0.3 is 10.6 Å². The molecule has 2 N–H and O–H groups in total. The first-order chi connectivity index (χ1) is 14.1. The maximum Gasteiger partial charge on any atom is 0.254 e. The summed E-state index contributed by atoms with van der Waals surface area (Å²) in [6.45, 7) is 5.92. The van der Waals surface area contributed by atoms with Gasteiger partial charge in [-0.2, -0.15) is 9.50 Å². The monoisotopic (exact) mass is 385 g/mol. The Bertz CT molecular complexity index is 1170. The van der Waals surface area contributed by atoms with E-state index in [0.29, 0.717) is 23.7 Å². The predicted molar refractivity (Wildman–Crippen MR) is 111 cm³/mol. The van der Waals surface area contributed by atoms with E-state index in [2.05, 4.69) is 37.3 Å². The van der Waals surface area contributed by atoms with Gasteiger partial charge in [-0.1, -0.05) is 6.08 Å². The van der Waals surface area contributed by atoms with Crippen LogP contribution in [0, 0.1) is 6.92 Å². The van der Waals surface area contributed by atoms with E-state index in [1.165, 1.54) is 0 Å². The zero-order valence-electron chi connectivity index (χ0n) is 15.8. The summed E-state index contributed by atoms with van der Waals surface area (Å²) in [6.07, 6.45) is 5.06. The zero-order chi connectivity index (χ0) is 20.2. The van der Waals surface area contributed by atoms with Crippen molar-refractivity contribution in [3.05, 3.63) is 78.8 Å². The van der Waals surface area contributed by atoms with Crippen LogP contribution >= 0.6 is 0 Å². The van der Waals surface area contributed by atoms with Crippen molar-refractivity contribution in [2.75, 3.05) is 11.9 Å². The second-order valence-corrected chi connectivity index (χ2v) is 6.37. The quantitative estimate of drug-likeness (QED) is 0.495. The lowest BCUT2D eigenvalue weighted by atomic mass is 10.2. The van der Waals surface area contributed by atoms with Crippen molar-refractivity contribution in [3.63, 3.8) is 0 Å². The van der Waals surface area contributed by atoms with Gasteiger partial charge in [0, 0.05) is 47.5 Å². The fraction of sp³-hybridized carbons (Fsp3) is 0.0952. The number of rotatable bonds is 6. The molecule has 0 saturated heterocycles. The summed E-state index contributed by atoms with van der Waals surface area (Å²) in [4.78, 5) is 25.1. The number of pyridine rings is 1. The molecule has 0 radical (unpaired) electrons. The third-order valence-corrected chi connectivity index (χ3v) is 4.19. The van der Waals surface area contributed by atoms with E-state index in [1.807, 2.05) is 37.3 Å². The summed E-state index contributed by atoms with van der Waals surface area (Å²) < 4.78 is 1.65. The molecule has 0 fully saturated rings. The molecule has 0 aliphatic rings. The lowest BCUT2D eigenvalue weighted by Gasteiger charge is -2.09. The number of carbonyl (C=O) groups excluding carboxylic acids is 1. The Morgan fingerprint density at radius 1 is 1.21 bits per heavy atom. The number of fused-ring (bicyclic) bond motifs is 1. The highest BCUT2D eigenvalue weighted by Crippen LogP contribution is 2.21. The van der Waals surface area contributed by atoms with Gasteiger partial charge in [-0.25, -0.2) is 4.98 Å². The number of hydrogen-bond donors (Lipinski definition) is 2. The van der Waals surface area contributed by atoms with Crippen LogP contribution in [0.5, 0.6) is 0 Å². The molecule has 0 aliphatic carbocycles. The Kier molecular flexibility index (Phi) is 4.98. The van der Waals surface area contributed by atoms with Crippen LogP contribution in [0.25, 0.3) is 17.2 Å². The van der Waals surface area contributed by atoms with E-state index < -0.39 is 0 Å². The van der Waals surface area contributed by atoms with Crippen LogP contribution in [0.4, 0.5) is 11.5 Å². The normalized spacial score (nSPS) is 10.7. The first-order valence-corrected chi connectivity index (χ1v) is 9.05. The van der Waals surface area contributed by atoms with Crippen LogP contribution in [0.15, 0.2) is 67.5 Å². The van der Waals surface area contributed by atoms with E-state index in [0.717, 1.165) is 22.8 Å². The summed E-state index contributed by atoms with van der Waals surface area (Å²) in [6, 6.07) is 12.8. The minimum Gasteiger partial charge on any atom is -0.349 e. The average molecular weight is 385 g/mol. The molecule has 8 heteroatoms. The number of amides is 1. The fourth-order valence-corrected chi connectivity index (χ4v) is 2.81. The molecular formula is C21H19N7O. The van der Waals surface area contributed by atoms with Crippen molar-refractivity contribution in [1.29, 1.82) is 0 Å². The number of nitrogens with one attached hydrogen (secondary N) is 2. The second kappa shape index (κ2) is 7.89. The van der Waals surface area contributed by atoms with E-state index >= 15 is 0 Å². The van der Waals surface area contributed by atoms with Gasteiger partial charge in [-0.3, -0.25) is 9.78 Å². The molecule has 3 aromatic heterocycles. The van der Waals surface area contributed by atoms with Crippen LogP contribution < -0.4 is 10.6 Å². The maximum absolute atomic E-state index is 12.0. The standard InChI is InChI=1S/C21H19N7O/c1-3-10-23-20(29)15-6-8-17(9-7-15)25-18-12-14(2)24-21-26-19(27-28(18)21)16-5-4-11-22-13-16/h3-9,11-13,25H,1,10H2,2H3,(H,23,29). The summed E-state index contributed by atoms with van der Waals surface area (Å²) in [5.74, 6) is 1.62. The van der Waals surface area contributed by atoms with Gasteiger partial charge in [0.2, 0.25) is 0 Å². The SMILES string of the molecule is C=CCNC(=O)c1ccc(Nc2cc(C)nc3nc(-c4cccnc4)nn23)cc1. The summed E-state index contributed by atoms with van der Waals surface area (Å²) in [7, 11) is 0. The number of aromatic nitrogens is 5. The Balaban J connectivity index is 1.63. The molecule has 0 aliphatic heterocycles. The molecule has 3 heterocycles. The Hall–Kier alpha value is -4.07. The maximum atomic E-state index is 12.0.